The van der Waals surface area contributed by atoms with Crippen molar-refractivity contribution < 1.29 is 14.3 Å². The molecule has 0 radical (unpaired) electrons. The SMILES string of the molecule is COc1ccccc1CN(C)C(=O)CN1CCN(CC2CCCO2)CC1. The van der Waals surface area contributed by atoms with Gasteiger partial charge in [-0.2, -0.15) is 0 Å². The number of amides is 1. The highest BCUT2D eigenvalue weighted by atomic mass is 16.5. The molecule has 26 heavy (non-hydrogen) atoms. The molecule has 0 aliphatic carbocycles. The summed E-state index contributed by atoms with van der Waals surface area (Å²) >= 11 is 0. The Labute approximate surface area is 156 Å². The quantitative estimate of drug-likeness (QED) is 0.736. The molecule has 2 aliphatic heterocycles. The average Bonchev–Trinajstić information content (AvgIpc) is 3.16. The molecule has 2 fully saturated rings. The number of rotatable bonds is 7. The first kappa shape index (κ1) is 19.1. The molecule has 6 nitrogen and oxygen atoms in total. The zero-order valence-electron chi connectivity index (χ0n) is 16.0. The largest absolute Gasteiger partial charge is 0.496 e. The Morgan fingerprint density at radius 3 is 2.65 bits per heavy atom. The predicted octanol–water partition coefficient (Wildman–Crippen LogP) is 1.45. The van der Waals surface area contributed by atoms with Crippen molar-refractivity contribution in [3.05, 3.63) is 29.8 Å². The summed E-state index contributed by atoms with van der Waals surface area (Å²) in [5.41, 5.74) is 1.03. The van der Waals surface area contributed by atoms with E-state index >= 15 is 0 Å². The second-order valence-electron chi connectivity index (χ2n) is 7.27. The molecule has 0 saturated carbocycles. The molecule has 2 aliphatic rings. The number of ether oxygens (including phenoxy) is 2. The lowest BCUT2D eigenvalue weighted by molar-refractivity contribution is -0.132. The van der Waals surface area contributed by atoms with Gasteiger partial charge in [0.25, 0.3) is 0 Å². The van der Waals surface area contributed by atoms with Gasteiger partial charge < -0.3 is 14.4 Å². The van der Waals surface area contributed by atoms with Crippen LogP contribution in [0.3, 0.4) is 0 Å². The van der Waals surface area contributed by atoms with Crippen LogP contribution in [0.2, 0.25) is 0 Å². The number of carbonyl (C=O) groups is 1. The van der Waals surface area contributed by atoms with Crippen molar-refractivity contribution in [1.82, 2.24) is 14.7 Å². The lowest BCUT2D eigenvalue weighted by Crippen LogP contribution is -2.51. The van der Waals surface area contributed by atoms with Gasteiger partial charge in [-0.3, -0.25) is 14.6 Å². The summed E-state index contributed by atoms with van der Waals surface area (Å²) in [5.74, 6) is 0.985. The first-order chi connectivity index (χ1) is 12.7. The molecule has 0 aromatic heterocycles. The van der Waals surface area contributed by atoms with Crippen LogP contribution in [0, 0.1) is 0 Å². The molecule has 0 spiro atoms. The Balaban J connectivity index is 1.42. The molecular formula is C20H31N3O3. The molecule has 2 saturated heterocycles. The van der Waals surface area contributed by atoms with Crippen molar-refractivity contribution >= 4 is 5.91 Å². The minimum Gasteiger partial charge on any atom is -0.496 e. The van der Waals surface area contributed by atoms with Crippen LogP contribution in [-0.2, 0) is 16.1 Å². The van der Waals surface area contributed by atoms with Gasteiger partial charge in [-0.15, -0.1) is 0 Å². The van der Waals surface area contributed by atoms with E-state index < -0.39 is 0 Å². The predicted molar refractivity (Wildman–Crippen MR) is 101 cm³/mol. The van der Waals surface area contributed by atoms with Gasteiger partial charge in [-0.05, 0) is 18.9 Å². The molecule has 1 atom stereocenters. The van der Waals surface area contributed by atoms with Crippen molar-refractivity contribution in [3.8, 4) is 5.75 Å². The Morgan fingerprint density at radius 2 is 1.96 bits per heavy atom. The van der Waals surface area contributed by atoms with Gasteiger partial charge in [-0.25, -0.2) is 0 Å². The zero-order chi connectivity index (χ0) is 18.4. The highest BCUT2D eigenvalue weighted by molar-refractivity contribution is 5.78. The number of nitrogens with zero attached hydrogens (tertiary/aromatic N) is 3. The summed E-state index contributed by atoms with van der Waals surface area (Å²) in [6.45, 7) is 6.93. The summed E-state index contributed by atoms with van der Waals surface area (Å²) in [4.78, 5) is 19.1. The van der Waals surface area contributed by atoms with Gasteiger partial charge in [0.15, 0.2) is 0 Å². The Bertz CT molecular complexity index is 581. The van der Waals surface area contributed by atoms with Crippen LogP contribution in [0.1, 0.15) is 18.4 Å². The molecule has 1 aromatic rings. The number of hydrogen-bond acceptors (Lipinski definition) is 5. The summed E-state index contributed by atoms with van der Waals surface area (Å²) in [6.07, 6.45) is 2.79. The number of piperazine rings is 1. The van der Waals surface area contributed by atoms with E-state index in [0.717, 1.165) is 50.6 Å². The summed E-state index contributed by atoms with van der Waals surface area (Å²) in [6, 6.07) is 7.86. The van der Waals surface area contributed by atoms with Gasteiger partial charge in [0.2, 0.25) is 5.91 Å². The summed E-state index contributed by atoms with van der Waals surface area (Å²) in [7, 11) is 3.53. The third kappa shape index (κ3) is 5.19. The maximum atomic E-state index is 12.6. The van der Waals surface area contributed by atoms with E-state index in [9.17, 15) is 4.79 Å². The zero-order valence-corrected chi connectivity index (χ0v) is 16.0. The number of methoxy groups -OCH3 is 1. The third-order valence-electron chi connectivity index (χ3n) is 5.34. The lowest BCUT2D eigenvalue weighted by atomic mass is 10.2. The fraction of sp³-hybridized carbons (Fsp3) is 0.650. The van der Waals surface area contributed by atoms with Crippen LogP contribution < -0.4 is 4.74 Å². The first-order valence-electron chi connectivity index (χ1n) is 9.58. The van der Waals surface area contributed by atoms with Crippen LogP contribution in [0.15, 0.2) is 24.3 Å². The number of benzene rings is 1. The van der Waals surface area contributed by atoms with E-state index in [1.807, 2.05) is 31.3 Å². The molecule has 1 unspecified atom stereocenters. The Morgan fingerprint density at radius 1 is 1.23 bits per heavy atom. The number of hydrogen-bond donors (Lipinski definition) is 0. The van der Waals surface area contributed by atoms with Crippen molar-refractivity contribution in [3.63, 3.8) is 0 Å². The van der Waals surface area contributed by atoms with E-state index in [2.05, 4.69) is 9.80 Å². The number of carbonyl (C=O) groups excluding carboxylic acids is 1. The number of para-hydroxylation sites is 1. The first-order valence-corrected chi connectivity index (χ1v) is 9.58. The van der Waals surface area contributed by atoms with Gasteiger partial charge >= 0.3 is 0 Å². The normalized spacial score (nSPS) is 21.7. The molecule has 2 heterocycles. The molecule has 1 aromatic carbocycles. The summed E-state index contributed by atoms with van der Waals surface area (Å²) < 4.78 is 11.1. The summed E-state index contributed by atoms with van der Waals surface area (Å²) in [5, 5.41) is 0. The van der Waals surface area contributed by atoms with E-state index in [-0.39, 0.29) is 5.91 Å². The van der Waals surface area contributed by atoms with Crippen molar-refractivity contribution in [2.45, 2.75) is 25.5 Å². The van der Waals surface area contributed by atoms with E-state index in [1.54, 1.807) is 12.0 Å². The smallest absolute Gasteiger partial charge is 0.236 e. The van der Waals surface area contributed by atoms with E-state index in [0.29, 0.717) is 19.2 Å². The topological polar surface area (TPSA) is 45.2 Å². The standard InChI is InChI=1S/C20H31N3O3/c1-21(14-17-6-3-4-8-19(17)25-2)20(24)16-23-11-9-22(10-12-23)15-18-7-5-13-26-18/h3-4,6,8,18H,5,7,9-16H2,1-2H3. The van der Waals surface area contributed by atoms with Gasteiger partial charge in [0.1, 0.15) is 5.75 Å². The van der Waals surface area contributed by atoms with Gasteiger partial charge in [0, 0.05) is 58.5 Å². The molecule has 0 N–H and O–H groups in total. The number of likely N-dealkylation sites (N-methyl/N-ethyl adjacent to an activating group) is 1. The minimum atomic E-state index is 0.156. The maximum Gasteiger partial charge on any atom is 0.236 e. The Hall–Kier alpha value is -1.63. The molecular weight excluding hydrogens is 330 g/mol. The van der Waals surface area contributed by atoms with E-state index in [4.69, 9.17) is 9.47 Å². The molecule has 3 rings (SSSR count). The Kier molecular flexibility index (Phi) is 6.88. The molecule has 144 valence electrons. The van der Waals surface area contributed by atoms with Crippen LogP contribution in [0.4, 0.5) is 0 Å². The third-order valence-corrected chi connectivity index (χ3v) is 5.34. The van der Waals surface area contributed by atoms with Crippen molar-refractivity contribution in [2.24, 2.45) is 0 Å². The monoisotopic (exact) mass is 361 g/mol. The molecule has 0 bridgehead atoms. The fourth-order valence-electron chi connectivity index (χ4n) is 3.70. The minimum absolute atomic E-state index is 0.156. The maximum absolute atomic E-state index is 12.6. The second kappa shape index (κ2) is 9.35. The van der Waals surface area contributed by atoms with Crippen LogP contribution in [0.25, 0.3) is 0 Å². The van der Waals surface area contributed by atoms with Crippen molar-refractivity contribution in [2.75, 3.05) is 60.0 Å². The van der Waals surface area contributed by atoms with Crippen molar-refractivity contribution in [1.29, 1.82) is 0 Å². The highest BCUT2D eigenvalue weighted by Gasteiger charge is 2.24. The van der Waals surface area contributed by atoms with E-state index in [1.165, 1.54) is 12.8 Å². The average molecular weight is 361 g/mol. The van der Waals surface area contributed by atoms with Gasteiger partial charge in [0.05, 0.1) is 19.8 Å². The highest BCUT2D eigenvalue weighted by Crippen LogP contribution is 2.19. The molecule has 6 heteroatoms. The van der Waals surface area contributed by atoms with Crippen LogP contribution in [-0.4, -0.2) is 86.7 Å². The van der Waals surface area contributed by atoms with Gasteiger partial charge in [-0.1, -0.05) is 18.2 Å². The lowest BCUT2D eigenvalue weighted by Gasteiger charge is -2.36. The van der Waals surface area contributed by atoms with Crippen LogP contribution in [0.5, 0.6) is 5.75 Å². The second-order valence-corrected chi connectivity index (χ2v) is 7.27. The fourth-order valence-corrected chi connectivity index (χ4v) is 3.70. The van der Waals surface area contributed by atoms with Crippen LogP contribution >= 0.6 is 0 Å². The molecule has 1 amide bonds.